The van der Waals surface area contributed by atoms with Gasteiger partial charge in [0.1, 0.15) is 12.4 Å². The minimum absolute atomic E-state index is 0.0450. The lowest BCUT2D eigenvalue weighted by Gasteiger charge is -2.10. The molecule has 0 aromatic heterocycles. The van der Waals surface area contributed by atoms with Gasteiger partial charge in [0.05, 0.1) is 14.4 Å². The third-order valence-corrected chi connectivity index (χ3v) is 4.06. The molecule has 21 heavy (non-hydrogen) atoms. The Morgan fingerprint density at radius 2 is 2.00 bits per heavy atom. The lowest BCUT2D eigenvalue weighted by molar-refractivity contribution is -0.384. The van der Waals surface area contributed by atoms with Crippen molar-refractivity contribution in [3.8, 4) is 5.75 Å². The Balaban J connectivity index is 2.11. The zero-order chi connectivity index (χ0) is 15.4. The molecule has 0 fully saturated rings. The maximum atomic E-state index is 10.6. The van der Waals surface area contributed by atoms with Crippen LogP contribution in [0.3, 0.4) is 0 Å². The van der Waals surface area contributed by atoms with E-state index in [2.05, 4.69) is 15.9 Å². The van der Waals surface area contributed by atoms with Gasteiger partial charge in [0.2, 0.25) is 0 Å². The minimum Gasteiger partial charge on any atom is -0.488 e. The zero-order valence-corrected chi connectivity index (χ0v) is 13.8. The quantitative estimate of drug-likeness (QED) is 0.394. The first-order valence-electron chi connectivity index (χ1n) is 5.91. The Bertz CT molecular complexity index is 679. The van der Waals surface area contributed by atoms with Crippen LogP contribution < -0.4 is 4.74 Å². The molecule has 0 spiro atoms. The number of hydrogen-bond acceptors (Lipinski definition) is 3. The Hall–Kier alpha value is -1.30. The van der Waals surface area contributed by atoms with Crippen LogP contribution >= 0.6 is 39.1 Å². The Morgan fingerprint density at radius 3 is 2.57 bits per heavy atom. The summed E-state index contributed by atoms with van der Waals surface area (Å²) >= 11 is 15.2. The standard InChI is InChI=1S/C14H10BrCl2NO3/c15-12-5-9(7-16)1-4-14(12)21-8-10-2-3-11(18(19)20)6-13(10)17/h1-6H,7-8H2. The normalized spacial score (nSPS) is 10.4. The molecule has 0 aliphatic rings. The fraction of sp³-hybridized carbons (Fsp3) is 0.143. The van der Waals surface area contributed by atoms with Gasteiger partial charge in [0, 0.05) is 23.6 Å². The molecule has 0 atom stereocenters. The smallest absolute Gasteiger partial charge is 0.270 e. The van der Waals surface area contributed by atoms with E-state index in [-0.39, 0.29) is 12.3 Å². The number of non-ortho nitro benzene ring substituents is 1. The monoisotopic (exact) mass is 389 g/mol. The van der Waals surface area contributed by atoms with Crippen molar-refractivity contribution in [3.63, 3.8) is 0 Å². The second-order valence-electron chi connectivity index (χ2n) is 4.22. The highest BCUT2D eigenvalue weighted by molar-refractivity contribution is 9.10. The molecule has 0 aliphatic carbocycles. The summed E-state index contributed by atoms with van der Waals surface area (Å²) in [5.74, 6) is 1.07. The van der Waals surface area contributed by atoms with Gasteiger partial charge in [-0.25, -0.2) is 0 Å². The van der Waals surface area contributed by atoms with Crippen LogP contribution in [0.15, 0.2) is 40.9 Å². The van der Waals surface area contributed by atoms with Crippen molar-refractivity contribution in [1.29, 1.82) is 0 Å². The molecule has 0 saturated carbocycles. The van der Waals surface area contributed by atoms with E-state index in [0.717, 1.165) is 10.0 Å². The number of alkyl halides is 1. The summed E-state index contributed by atoms with van der Waals surface area (Å²) in [6.45, 7) is 0.218. The van der Waals surface area contributed by atoms with E-state index in [4.69, 9.17) is 27.9 Å². The predicted molar refractivity (Wildman–Crippen MR) is 86.1 cm³/mol. The zero-order valence-electron chi connectivity index (χ0n) is 10.7. The maximum absolute atomic E-state index is 10.6. The van der Waals surface area contributed by atoms with Gasteiger partial charge in [-0.05, 0) is 39.7 Å². The number of ether oxygens (including phenoxy) is 1. The van der Waals surface area contributed by atoms with Crippen molar-refractivity contribution in [2.24, 2.45) is 0 Å². The summed E-state index contributed by atoms with van der Waals surface area (Å²) < 4.78 is 6.45. The molecule has 0 unspecified atom stereocenters. The summed E-state index contributed by atoms with van der Waals surface area (Å²) in [6.07, 6.45) is 0. The van der Waals surface area contributed by atoms with E-state index in [1.54, 1.807) is 12.1 Å². The van der Waals surface area contributed by atoms with Crippen LogP contribution in [0.1, 0.15) is 11.1 Å². The van der Waals surface area contributed by atoms with Gasteiger partial charge in [0.15, 0.2) is 0 Å². The summed E-state index contributed by atoms with van der Waals surface area (Å²) in [4.78, 5) is 10.2. The summed E-state index contributed by atoms with van der Waals surface area (Å²) in [5, 5.41) is 11.0. The molecule has 2 aromatic carbocycles. The van der Waals surface area contributed by atoms with Gasteiger partial charge in [-0.1, -0.05) is 17.7 Å². The van der Waals surface area contributed by atoms with Crippen LogP contribution in [-0.4, -0.2) is 4.92 Å². The van der Waals surface area contributed by atoms with E-state index in [1.807, 2.05) is 12.1 Å². The molecule has 0 saturated heterocycles. The van der Waals surface area contributed by atoms with Crippen molar-refractivity contribution < 1.29 is 9.66 Å². The topological polar surface area (TPSA) is 52.4 Å². The van der Waals surface area contributed by atoms with Crippen molar-refractivity contribution in [1.82, 2.24) is 0 Å². The van der Waals surface area contributed by atoms with E-state index < -0.39 is 4.92 Å². The number of benzene rings is 2. The summed E-state index contributed by atoms with van der Waals surface area (Å²) in [7, 11) is 0. The average molecular weight is 391 g/mol. The largest absolute Gasteiger partial charge is 0.488 e. The molecular weight excluding hydrogens is 381 g/mol. The number of halogens is 3. The van der Waals surface area contributed by atoms with E-state index in [9.17, 15) is 10.1 Å². The molecule has 0 amide bonds. The molecule has 0 aliphatic heterocycles. The second kappa shape index (κ2) is 7.11. The lowest BCUT2D eigenvalue weighted by atomic mass is 10.2. The van der Waals surface area contributed by atoms with Gasteiger partial charge < -0.3 is 4.74 Å². The molecule has 2 rings (SSSR count). The van der Waals surface area contributed by atoms with E-state index >= 15 is 0 Å². The van der Waals surface area contributed by atoms with Gasteiger partial charge in [-0.15, -0.1) is 11.6 Å². The molecule has 2 aromatic rings. The first-order chi connectivity index (χ1) is 10.0. The van der Waals surface area contributed by atoms with Gasteiger partial charge in [0.25, 0.3) is 5.69 Å². The molecule has 4 nitrogen and oxygen atoms in total. The highest BCUT2D eigenvalue weighted by atomic mass is 79.9. The van der Waals surface area contributed by atoms with Crippen LogP contribution in [0.4, 0.5) is 5.69 Å². The third kappa shape index (κ3) is 4.09. The van der Waals surface area contributed by atoms with Crippen LogP contribution in [-0.2, 0) is 12.5 Å². The summed E-state index contributed by atoms with van der Waals surface area (Å²) in [6, 6.07) is 9.84. The highest BCUT2D eigenvalue weighted by Crippen LogP contribution is 2.29. The first-order valence-corrected chi connectivity index (χ1v) is 7.62. The number of nitro benzene ring substituents is 1. The molecule has 0 bridgehead atoms. The Morgan fingerprint density at radius 1 is 1.24 bits per heavy atom. The molecule has 7 heteroatoms. The lowest BCUT2D eigenvalue weighted by Crippen LogP contribution is -1.98. The first kappa shape index (κ1) is 16.1. The maximum Gasteiger partial charge on any atom is 0.270 e. The third-order valence-electron chi connectivity index (χ3n) is 2.78. The Labute approximate surface area is 139 Å². The van der Waals surface area contributed by atoms with Crippen molar-refractivity contribution in [2.45, 2.75) is 12.5 Å². The van der Waals surface area contributed by atoms with Crippen molar-refractivity contribution in [2.75, 3.05) is 0 Å². The van der Waals surface area contributed by atoms with E-state index in [0.29, 0.717) is 22.2 Å². The van der Waals surface area contributed by atoms with Crippen LogP contribution in [0.25, 0.3) is 0 Å². The minimum atomic E-state index is -0.488. The number of nitro groups is 1. The van der Waals surface area contributed by atoms with Crippen molar-refractivity contribution in [3.05, 3.63) is 67.1 Å². The van der Waals surface area contributed by atoms with E-state index in [1.165, 1.54) is 12.1 Å². The van der Waals surface area contributed by atoms with Crippen LogP contribution in [0.2, 0.25) is 5.02 Å². The van der Waals surface area contributed by atoms with Crippen molar-refractivity contribution >= 4 is 44.8 Å². The second-order valence-corrected chi connectivity index (χ2v) is 5.75. The number of nitrogens with zero attached hydrogens (tertiary/aromatic N) is 1. The average Bonchev–Trinajstić information content (AvgIpc) is 2.46. The molecule has 0 N–H and O–H groups in total. The molecule has 0 heterocycles. The van der Waals surface area contributed by atoms with Gasteiger partial charge in [-0.3, -0.25) is 10.1 Å². The Kier molecular flexibility index (Phi) is 5.45. The molecule has 0 radical (unpaired) electrons. The molecular formula is C14H10BrCl2NO3. The summed E-state index contributed by atoms with van der Waals surface area (Å²) in [5.41, 5.74) is 1.61. The van der Waals surface area contributed by atoms with Gasteiger partial charge >= 0.3 is 0 Å². The highest BCUT2D eigenvalue weighted by Gasteiger charge is 2.10. The SMILES string of the molecule is O=[N+]([O-])c1ccc(COc2ccc(CCl)cc2Br)c(Cl)c1. The fourth-order valence-corrected chi connectivity index (χ4v) is 2.60. The number of hydrogen-bond donors (Lipinski definition) is 0. The van der Waals surface area contributed by atoms with Gasteiger partial charge in [-0.2, -0.15) is 0 Å². The van der Waals surface area contributed by atoms with Crippen LogP contribution in [0, 0.1) is 10.1 Å². The fourth-order valence-electron chi connectivity index (χ4n) is 1.67. The number of rotatable bonds is 5. The predicted octanol–water partition coefficient (Wildman–Crippen LogP) is 5.33. The molecule has 110 valence electrons. The van der Waals surface area contributed by atoms with Crippen LogP contribution in [0.5, 0.6) is 5.75 Å².